The zero-order valence-electron chi connectivity index (χ0n) is 15.7. The molecule has 6 nitrogen and oxygen atoms in total. The highest BCUT2D eigenvalue weighted by Gasteiger charge is 2.27. The topological polar surface area (TPSA) is 75.7 Å². The first kappa shape index (κ1) is 19.2. The summed E-state index contributed by atoms with van der Waals surface area (Å²) >= 11 is 0. The molecule has 0 heterocycles. The Balaban J connectivity index is 1.87. The smallest absolute Gasteiger partial charge is 0.264 e. The number of sulfonamides is 1. The number of carbonyl (C=O) groups is 1. The van der Waals surface area contributed by atoms with E-state index in [1.165, 1.54) is 23.5 Å². The van der Waals surface area contributed by atoms with Crippen LogP contribution >= 0.6 is 0 Å². The van der Waals surface area contributed by atoms with Crippen LogP contribution in [0.3, 0.4) is 0 Å². The van der Waals surface area contributed by atoms with Gasteiger partial charge in [0.05, 0.1) is 17.2 Å². The Bertz CT molecular complexity index is 935. The predicted octanol–water partition coefficient (Wildman–Crippen LogP) is 3.11. The zero-order chi connectivity index (χ0) is 19.6. The van der Waals surface area contributed by atoms with Crippen molar-refractivity contribution in [1.82, 2.24) is 5.32 Å². The lowest BCUT2D eigenvalue weighted by atomic mass is 10.1. The van der Waals surface area contributed by atoms with Gasteiger partial charge in [0.25, 0.3) is 15.9 Å². The Hall–Kier alpha value is -2.54. The van der Waals surface area contributed by atoms with E-state index >= 15 is 0 Å². The molecule has 0 unspecified atom stereocenters. The lowest BCUT2D eigenvalue weighted by Gasteiger charge is -2.20. The molecule has 0 spiro atoms. The third-order valence-electron chi connectivity index (χ3n) is 4.54. The van der Waals surface area contributed by atoms with Gasteiger partial charge in [-0.2, -0.15) is 0 Å². The molecule has 144 valence electrons. The number of ether oxygens (including phenoxy) is 1. The molecule has 1 saturated carbocycles. The van der Waals surface area contributed by atoms with Crippen LogP contribution in [0.4, 0.5) is 5.69 Å². The van der Waals surface area contributed by atoms with Gasteiger partial charge in [0.2, 0.25) is 0 Å². The van der Waals surface area contributed by atoms with Gasteiger partial charge in [-0.05, 0) is 68.7 Å². The Morgan fingerprint density at radius 1 is 1.19 bits per heavy atom. The van der Waals surface area contributed by atoms with Gasteiger partial charge in [-0.1, -0.05) is 6.07 Å². The maximum Gasteiger partial charge on any atom is 0.264 e. The van der Waals surface area contributed by atoms with Crippen LogP contribution in [0.5, 0.6) is 5.75 Å². The molecule has 0 aromatic heterocycles. The van der Waals surface area contributed by atoms with Crippen molar-refractivity contribution < 1.29 is 17.9 Å². The van der Waals surface area contributed by atoms with Crippen molar-refractivity contribution in [3.8, 4) is 5.75 Å². The first-order valence-electron chi connectivity index (χ1n) is 8.96. The number of hydrogen-bond donors (Lipinski definition) is 1. The van der Waals surface area contributed by atoms with Gasteiger partial charge in [0, 0.05) is 18.7 Å². The Morgan fingerprint density at radius 2 is 1.85 bits per heavy atom. The van der Waals surface area contributed by atoms with Crippen molar-refractivity contribution in [1.29, 1.82) is 0 Å². The van der Waals surface area contributed by atoms with Gasteiger partial charge < -0.3 is 10.1 Å². The Morgan fingerprint density at radius 3 is 2.44 bits per heavy atom. The fourth-order valence-corrected chi connectivity index (χ4v) is 3.94. The Labute approximate surface area is 160 Å². The maximum absolute atomic E-state index is 13.0. The predicted molar refractivity (Wildman–Crippen MR) is 105 cm³/mol. The molecule has 0 radical (unpaired) electrons. The summed E-state index contributed by atoms with van der Waals surface area (Å²) in [6.45, 7) is 4.23. The van der Waals surface area contributed by atoms with Crippen LogP contribution in [0.1, 0.15) is 35.7 Å². The average Bonchev–Trinajstić information content (AvgIpc) is 3.46. The molecule has 1 aliphatic rings. The molecule has 0 saturated heterocycles. The summed E-state index contributed by atoms with van der Waals surface area (Å²) in [6.07, 6.45) is 1.95. The average molecular weight is 388 g/mol. The normalized spacial score (nSPS) is 13.9. The number of nitrogens with one attached hydrogen (secondary N) is 1. The summed E-state index contributed by atoms with van der Waals surface area (Å²) in [5, 5.41) is 2.91. The number of benzene rings is 2. The molecule has 27 heavy (non-hydrogen) atoms. The molecule has 3 rings (SSSR count). The minimum atomic E-state index is -3.79. The van der Waals surface area contributed by atoms with Crippen LogP contribution in [0.25, 0.3) is 0 Å². The SMILES string of the molecule is CCOc1ccc(N(C)S(=O)(=O)c2ccc(C)c(C(=O)NC3CC3)c2)cc1. The first-order valence-corrected chi connectivity index (χ1v) is 10.4. The van der Waals surface area contributed by atoms with E-state index in [-0.39, 0.29) is 16.8 Å². The van der Waals surface area contributed by atoms with E-state index in [2.05, 4.69) is 5.32 Å². The largest absolute Gasteiger partial charge is 0.494 e. The van der Waals surface area contributed by atoms with Crippen molar-refractivity contribution in [2.24, 2.45) is 0 Å². The van der Waals surface area contributed by atoms with Crippen LogP contribution in [0.15, 0.2) is 47.4 Å². The van der Waals surface area contributed by atoms with E-state index in [9.17, 15) is 13.2 Å². The summed E-state index contributed by atoms with van der Waals surface area (Å²) in [5.74, 6) is 0.456. The number of amides is 1. The summed E-state index contributed by atoms with van der Waals surface area (Å²) < 4.78 is 32.6. The van der Waals surface area contributed by atoms with Crippen LogP contribution in [0.2, 0.25) is 0 Å². The fourth-order valence-electron chi connectivity index (χ4n) is 2.71. The lowest BCUT2D eigenvalue weighted by molar-refractivity contribution is 0.0950. The quantitative estimate of drug-likeness (QED) is 0.791. The highest BCUT2D eigenvalue weighted by Crippen LogP contribution is 2.26. The van der Waals surface area contributed by atoms with Crippen LogP contribution in [0, 0.1) is 6.92 Å². The second-order valence-corrected chi connectivity index (χ2v) is 8.59. The molecule has 1 amide bonds. The summed E-state index contributed by atoms with van der Waals surface area (Å²) in [5.41, 5.74) is 1.65. The number of carbonyl (C=O) groups excluding carboxylic acids is 1. The van der Waals surface area contributed by atoms with Crippen LogP contribution in [-0.2, 0) is 10.0 Å². The minimum absolute atomic E-state index is 0.0884. The lowest BCUT2D eigenvalue weighted by Crippen LogP contribution is -2.28. The molecule has 0 aliphatic heterocycles. The van der Waals surface area contributed by atoms with Gasteiger partial charge in [-0.3, -0.25) is 9.10 Å². The van der Waals surface area contributed by atoms with Gasteiger partial charge in [-0.25, -0.2) is 8.42 Å². The van der Waals surface area contributed by atoms with Crippen molar-refractivity contribution in [2.75, 3.05) is 18.0 Å². The number of aryl methyl sites for hydroxylation is 1. The van der Waals surface area contributed by atoms with Gasteiger partial charge in [-0.15, -0.1) is 0 Å². The van der Waals surface area contributed by atoms with Gasteiger partial charge in [0.1, 0.15) is 5.75 Å². The van der Waals surface area contributed by atoms with E-state index in [0.29, 0.717) is 23.6 Å². The monoisotopic (exact) mass is 388 g/mol. The molecule has 2 aromatic rings. The van der Waals surface area contributed by atoms with E-state index in [0.717, 1.165) is 18.4 Å². The summed E-state index contributed by atoms with van der Waals surface area (Å²) in [6, 6.07) is 11.7. The van der Waals surface area contributed by atoms with E-state index in [1.807, 2.05) is 6.92 Å². The molecule has 1 aliphatic carbocycles. The highest BCUT2D eigenvalue weighted by molar-refractivity contribution is 7.92. The zero-order valence-corrected chi connectivity index (χ0v) is 16.5. The molecule has 2 aromatic carbocycles. The third kappa shape index (κ3) is 4.24. The highest BCUT2D eigenvalue weighted by atomic mass is 32.2. The number of anilines is 1. The fraction of sp³-hybridized carbons (Fsp3) is 0.350. The van der Waals surface area contributed by atoms with Crippen molar-refractivity contribution in [3.63, 3.8) is 0 Å². The molecular weight excluding hydrogens is 364 g/mol. The standard InChI is InChI=1S/C20H24N2O4S/c1-4-26-17-10-8-16(9-11-17)22(3)27(24,25)18-12-5-14(2)19(13-18)20(23)21-15-6-7-15/h5,8-13,15H,4,6-7H2,1-3H3,(H,21,23). The Kier molecular flexibility index (Phi) is 5.41. The summed E-state index contributed by atoms with van der Waals surface area (Å²) in [4.78, 5) is 12.5. The van der Waals surface area contributed by atoms with E-state index in [1.54, 1.807) is 37.3 Å². The molecule has 1 N–H and O–H groups in total. The molecule has 1 fully saturated rings. The first-order chi connectivity index (χ1) is 12.8. The number of nitrogens with zero attached hydrogens (tertiary/aromatic N) is 1. The second-order valence-electron chi connectivity index (χ2n) is 6.62. The van der Waals surface area contributed by atoms with Crippen molar-refractivity contribution in [2.45, 2.75) is 37.6 Å². The van der Waals surface area contributed by atoms with E-state index in [4.69, 9.17) is 4.74 Å². The van der Waals surface area contributed by atoms with Gasteiger partial charge >= 0.3 is 0 Å². The van der Waals surface area contributed by atoms with Gasteiger partial charge in [0.15, 0.2) is 0 Å². The molecule has 7 heteroatoms. The molecular formula is C20H24N2O4S. The third-order valence-corrected chi connectivity index (χ3v) is 6.32. The second kappa shape index (κ2) is 7.60. The van der Waals surface area contributed by atoms with Crippen LogP contribution < -0.4 is 14.4 Å². The molecule has 0 atom stereocenters. The van der Waals surface area contributed by atoms with Crippen LogP contribution in [-0.4, -0.2) is 34.0 Å². The van der Waals surface area contributed by atoms with Crippen molar-refractivity contribution >= 4 is 21.6 Å². The minimum Gasteiger partial charge on any atom is -0.494 e. The van der Waals surface area contributed by atoms with Crippen molar-refractivity contribution in [3.05, 3.63) is 53.6 Å². The van der Waals surface area contributed by atoms with E-state index < -0.39 is 10.0 Å². The number of hydrogen-bond acceptors (Lipinski definition) is 4. The maximum atomic E-state index is 13.0. The number of rotatable bonds is 7. The summed E-state index contributed by atoms with van der Waals surface area (Å²) in [7, 11) is -2.30. The molecule has 0 bridgehead atoms.